The van der Waals surface area contributed by atoms with Gasteiger partial charge in [0, 0.05) is 5.02 Å². The van der Waals surface area contributed by atoms with E-state index in [4.69, 9.17) is 16.3 Å². The third-order valence-electron chi connectivity index (χ3n) is 4.65. The van der Waals surface area contributed by atoms with E-state index in [0.29, 0.717) is 37.3 Å². The Morgan fingerprint density at radius 1 is 1.41 bits per heavy atom. The molecule has 1 aromatic rings. The zero-order valence-corrected chi connectivity index (χ0v) is 13.7. The van der Waals surface area contributed by atoms with Crippen molar-refractivity contribution in [2.24, 2.45) is 5.41 Å². The second-order valence-corrected chi connectivity index (χ2v) is 6.42. The van der Waals surface area contributed by atoms with Crippen molar-refractivity contribution in [1.82, 2.24) is 0 Å². The standard InChI is InChI=1S/C18H23ClO3/c1-3-10-18(21)12-5-11-17(18,16(20)22-4-2)13-14-6-8-15(19)9-7-14/h3,6-9,21H,1,4-5,10-13H2,2H3/t17-,18-/m1/s1. The van der Waals surface area contributed by atoms with Crippen molar-refractivity contribution < 1.29 is 14.6 Å². The highest BCUT2D eigenvalue weighted by Crippen LogP contribution is 2.51. The maximum absolute atomic E-state index is 12.7. The topological polar surface area (TPSA) is 46.5 Å². The first-order valence-corrected chi connectivity index (χ1v) is 8.10. The molecule has 1 N–H and O–H groups in total. The summed E-state index contributed by atoms with van der Waals surface area (Å²) in [5.41, 5.74) is -1.03. The molecule has 1 aliphatic carbocycles. The summed E-state index contributed by atoms with van der Waals surface area (Å²) in [6.07, 6.45) is 4.54. The first kappa shape index (κ1) is 17.0. The van der Waals surface area contributed by atoms with Crippen LogP contribution in [-0.4, -0.2) is 23.3 Å². The second-order valence-electron chi connectivity index (χ2n) is 5.98. The minimum absolute atomic E-state index is 0.311. The molecule has 120 valence electrons. The lowest BCUT2D eigenvalue weighted by Gasteiger charge is -2.40. The van der Waals surface area contributed by atoms with Crippen molar-refractivity contribution in [3.8, 4) is 0 Å². The number of hydrogen-bond donors (Lipinski definition) is 1. The summed E-state index contributed by atoms with van der Waals surface area (Å²) in [7, 11) is 0. The highest BCUT2D eigenvalue weighted by molar-refractivity contribution is 6.30. The van der Waals surface area contributed by atoms with E-state index in [1.165, 1.54) is 0 Å². The van der Waals surface area contributed by atoms with Gasteiger partial charge in [-0.15, -0.1) is 6.58 Å². The van der Waals surface area contributed by atoms with Crippen LogP contribution in [-0.2, 0) is 16.0 Å². The van der Waals surface area contributed by atoms with Gasteiger partial charge in [0.05, 0.1) is 12.2 Å². The van der Waals surface area contributed by atoms with Gasteiger partial charge in [-0.05, 0) is 56.7 Å². The average Bonchev–Trinajstić information content (AvgIpc) is 2.80. The minimum Gasteiger partial charge on any atom is -0.465 e. The molecule has 0 bridgehead atoms. The molecule has 1 aromatic carbocycles. The van der Waals surface area contributed by atoms with Crippen LogP contribution in [0.1, 0.15) is 38.2 Å². The Kier molecular flexibility index (Phi) is 5.30. The van der Waals surface area contributed by atoms with Crippen molar-refractivity contribution in [2.75, 3.05) is 6.61 Å². The number of ether oxygens (including phenoxy) is 1. The molecule has 0 saturated heterocycles. The summed E-state index contributed by atoms with van der Waals surface area (Å²) in [5.74, 6) is -0.313. The maximum atomic E-state index is 12.7. The Morgan fingerprint density at radius 3 is 2.68 bits per heavy atom. The van der Waals surface area contributed by atoms with Crippen molar-refractivity contribution in [2.45, 2.75) is 44.6 Å². The van der Waals surface area contributed by atoms with Crippen molar-refractivity contribution in [1.29, 1.82) is 0 Å². The first-order chi connectivity index (χ1) is 10.5. The van der Waals surface area contributed by atoms with Gasteiger partial charge in [0.1, 0.15) is 5.41 Å². The quantitative estimate of drug-likeness (QED) is 0.637. The molecule has 0 heterocycles. The molecular formula is C18H23ClO3. The predicted molar refractivity (Wildman–Crippen MR) is 87.8 cm³/mol. The Hall–Kier alpha value is -1.32. The van der Waals surface area contributed by atoms with Crippen LogP contribution in [0.15, 0.2) is 36.9 Å². The van der Waals surface area contributed by atoms with Gasteiger partial charge >= 0.3 is 5.97 Å². The van der Waals surface area contributed by atoms with Gasteiger partial charge < -0.3 is 9.84 Å². The largest absolute Gasteiger partial charge is 0.465 e. The molecule has 3 nitrogen and oxygen atoms in total. The molecule has 1 aliphatic rings. The summed E-state index contributed by atoms with van der Waals surface area (Å²) in [6, 6.07) is 7.40. The summed E-state index contributed by atoms with van der Waals surface area (Å²) in [4.78, 5) is 12.7. The van der Waals surface area contributed by atoms with Crippen LogP contribution >= 0.6 is 11.6 Å². The number of carbonyl (C=O) groups excluding carboxylic acids is 1. The Bertz CT molecular complexity index is 540. The number of benzene rings is 1. The zero-order chi connectivity index (χ0) is 16.2. The van der Waals surface area contributed by atoms with Gasteiger partial charge in [0.15, 0.2) is 0 Å². The number of esters is 1. The van der Waals surface area contributed by atoms with Gasteiger partial charge in [-0.2, -0.15) is 0 Å². The van der Waals surface area contributed by atoms with E-state index < -0.39 is 11.0 Å². The molecule has 0 aliphatic heterocycles. The van der Waals surface area contributed by atoms with Crippen molar-refractivity contribution >= 4 is 17.6 Å². The van der Waals surface area contributed by atoms with Gasteiger partial charge in [-0.3, -0.25) is 4.79 Å². The number of hydrogen-bond acceptors (Lipinski definition) is 3. The highest BCUT2D eigenvalue weighted by atomic mass is 35.5. The third kappa shape index (κ3) is 3.06. The van der Waals surface area contributed by atoms with Gasteiger partial charge in [0.25, 0.3) is 0 Å². The summed E-state index contributed by atoms with van der Waals surface area (Å²) in [5, 5.41) is 11.8. The van der Waals surface area contributed by atoms with Crippen LogP contribution in [0.3, 0.4) is 0 Å². The number of rotatable bonds is 6. The predicted octanol–water partition coefficient (Wildman–Crippen LogP) is 3.92. The van der Waals surface area contributed by atoms with E-state index in [9.17, 15) is 9.90 Å². The second kappa shape index (κ2) is 6.84. The Labute approximate surface area is 136 Å². The van der Waals surface area contributed by atoms with E-state index in [0.717, 1.165) is 12.0 Å². The van der Waals surface area contributed by atoms with Crippen LogP contribution < -0.4 is 0 Å². The Morgan fingerprint density at radius 2 is 2.09 bits per heavy atom. The van der Waals surface area contributed by atoms with Gasteiger partial charge in [0.2, 0.25) is 0 Å². The number of carbonyl (C=O) groups is 1. The van der Waals surface area contributed by atoms with Crippen LogP contribution in [0, 0.1) is 5.41 Å². The molecule has 2 atom stereocenters. The molecule has 2 rings (SSSR count). The van der Waals surface area contributed by atoms with Crippen LogP contribution in [0.4, 0.5) is 0 Å². The SMILES string of the molecule is C=CC[C@@]1(O)CCC[C@@]1(Cc1ccc(Cl)cc1)C(=O)OCC. The lowest BCUT2D eigenvalue weighted by atomic mass is 9.68. The molecule has 0 unspecified atom stereocenters. The Balaban J connectivity index is 2.39. The number of aliphatic hydroxyl groups is 1. The van der Waals surface area contributed by atoms with Crippen LogP contribution in [0.2, 0.25) is 5.02 Å². The average molecular weight is 323 g/mol. The molecule has 1 saturated carbocycles. The maximum Gasteiger partial charge on any atom is 0.315 e. The first-order valence-electron chi connectivity index (χ1n) is 7.72. The lowest BCUT2D eigenvalue weighted by Crippen LogP contribution is -2.51. The van der Waals surface area contributed by atoms with E-state index in [-0.39, 0.29) is 5.97 Å². The van der Waals surface area contributed by atoms with Crippen molar-refractivity contribution in [3.63, 3.8) is 0 Å². The third-order valence-corrected chi connectivity index (χ3v) is 4.90. The van der Waals surface area contributed by atoms with Crippen LogP contribution in [0.5, 0.6) is 0 Å². The molecule has 0 spiro atoms. The van der Waals surface area contributed by atoms with Gasteiger partial charge in [-0.25, -0.2) is 0 Å². The monoisotopic (exact) mass is 322 g/mol. The fraction of sp³-hybridized carbons (Fsp3) is 0.500. The zero-order valence-electron chi connectivity index (χ0n) is 13.0. The van der Waals surface area contributed by atoms with Gasteiger partial charge in [-0.1, -0.05) is 29.8 Å². The fourth-order valence-corrected chi connectivity index (χ4v) is 3.65. The molecule has 1 fully saturated rings. The molecular weight excluding hydrogens is 300 g/mol. The normalized spacial score (nSPS) is 27.6. The summed E-state index contributed by atoms with van der Waals surface area (Å²) >= 11 is 5.93. The molecule has 4 heteroatoms. The van der Waals surface area contributed by atoms with E-state index in [1.54, 1.807) is 25.1 Å². The summed E-state index contributed by atoms with van der Waals surface area (Å²) in [6.45, 7) is 5.83. The highest BCUT2D eigenvalue weighted by Gasteiger charge is 2.58. The van der Waals surface area contributed by atoms with E-state index >= 15 is 0 Å². The van der Waals surface area contributed by atoms with Crippen molar-refractivity contribution in [3.05, 3.63) is 47.5 Å². The molecule has 0 amide bonds. The summed E-state index contributed by atoms with van der Waals surface area (Å²) < 4.78 is 5.31. The minimum atomic E-state index is -1.10. The molecule has 0 aromatic heterocycles. The molecule has 0 radical (unpaired) electrons. The fourth-order valence-electron chi connectivity index (χ4n) is 3.53. The van der Waals surface area contributed by atoms with Crippen LogP contribution in [0.25, 0.3) is 0 Å². The molecule has 22 heavy (non-hydrogen) atoms. The number of halogens is 1. The van der Waals surface area contributed by atoms with E-state index in [1.807, 2.05) is 12.1 Å². The smallest absolute Gasteiger partial charge is 0.315 e. The lowest BCUT2D eigenvalue weighted by molar-refractivity contribution is -0.171. The van der Waals surface area contributed by atoms with E-state index in [2.05, 4.69) is 6.58 Å².